The maximum atomic E-state index is 13.4. The number of ether oxygens (including phenoxy) is 4. The molecule has 2 aliphatic rings. The van der Waals surface area contributed by atoms with E-state index < -0.39 is 25.0 Å². The SMILES string of the molecule is CN[C@H]1COC2(CCN(C(=O)O[C@H](COCc3ccc(OC)cc3)C(F)(F)F)CC2)C1. The Morgan fingerprint density at radius 1 is 1.29 bits per heavy atom. The predicted octanol–water partition coefficient (Wildman–Crippen LogP) is 3.12. The minimum atomic E-state index is -4.72. The minimum absolute atomic E-state index is 0.0374. The summed E-state index contributed by atoms with van der Waals surface area (Å²) in [5.74, 6) is 0.638. The molecule has 10 heteroatoms. The third kappa shape index (κ3) is 6.24. The second-order valence-electron chi connectivity index (χ2n) is 7.95. The first kappa shape index (κ1) is 23.6. The Hall–Kier alpha value is -2.04. The van der Waals surface area contributed by atoms with E-state index >= 15 is 0 Å². The number of methoxy groups -OCH3 is 1. The van der Waals surface area contributed by atoms with Crippen LogP contribution in [-0.2, 0) is 20.8 Å². The molecule has 31 heavy (non-hydrogen) atoms. The van der Waals surface area contributed by atoms with Crippen molar-refractivity contribution in [2.45, 2.75) is 49.8 Å². The molecule has 0 bridgehead atoms. The molecule has 174 valence electrons. The van der Waals surface area contributed by atoms with Gasteiger partial charge in [-0.1, -0.05) is 12.1 Å². The van der Waals surface area contributed by atoms with Crippen molar-refractivity contribution in [3.8, 4) is 5.75 Å². The van der Waals surface area contributed by atoms with Gasteiger partial charge in [-0.05, 0) is 44.0 Å². The molecule has 1 N–H and O–H groups in total. The van der Waals surface area contributed by atoms with E-state index in [1.807, 2.05) is 7.05 Å². The zero-order chi connectivity index (χ0) is 22.5. The molecule has 1 aromatic rings. The van der Waals surface area contributed by atoms with Crippen molar-refractivity contribution < 1.29 is 36.9 Å². The lowest BCUT2D eigenvalue weighted by molar-refractivity contribution is -0.220. The molecule has 7 nitrogen and oxygen atoms in total. The molecular weight excluding hydrogens is 417 g/mol. The van der Waals surface area contributed by atoms with Crippen LogP contribution in [0.2, 0.25) is 0 Å². The number of hydrogen-bond donors (Lipinski definition) is 1. The summed E-state index contributed by atoms with van der Waals surface area (Å²) < 4.78 is 61.0. The lowest BCUT2D eigenvalue weighted by Crippen LogP contribution is -2.49. The van der Waals surface area contributed by atoms with Crippen LogP contribution in [0.25, 0.3) is 0 Å². The quantitative estimate of drug-likeness (QED) is 0.694. The molecule has 2 saturated heterocycles. The Labute approximate surface area is 179 Å². The number of hydrogen-bond acceptors (Lipinski definition) is 6. The van der Waals surface area contributed by atoms with Gasteiger partial charge in [-0.3, -0.25) is 0 Å². The Kier molecular flexibility index (Phi) is 7.66. The normalized spacial score (nSPS) is 21.8. The predicted molar refractivity (Wildman–Crippen MR) is 106 cm³/mol. The number of nitrogens with zero attached hydrogens (tertiary/aromatic N) is 1. The average molecular weight is 446 g/mol. The maximum Gasteiger partial charge on any atom is 0.427 e. The Bertz CT molecular complexity index is 721. The molecule has 3 rings (SSSR count). The van der Waals surface area contributed by atoms with Crippen molar-refractivity contribution >= 4 is 6.09 Å². The Morgan fingerprint density at radius 2 is 1.97 bits per heavy atom. The van der Waals surface area contributed by atoms with Crippen LogP contribution >= 0.6 is 0 Å². The number of alkyl halides is 3. The number of halogens is 3. The highest BCUT2D eigenvalue weighted by atomic mass is 19.4. The van der Waals surface area contributed by atoms with E-state index in [4.69, 9.17) is 18.9 Å². The molecule has 1 aromatic carbocycles. The summed E-state index contributed by atoms with van der Waals surface area (Å²) in [4.78, 5) is 13.7. The number of nitrogens with one attached hydrogen (secondary N) is 1. The Morgan fingerprint density at radius 3 is 2.52 bits per heavy atom. The molecule has 1 spiro atoms. The van der Waals surface area contributed by atoms with Gasteiger partial charge in [-0.25, -0.2) is 4.79 Å². The molecule has 2 aliphatic heterocycles. The van der Waals surface area contributed by atoms with Gasteiger partial charge in [-0.15, -0.1) is 0 Å². The average Bonchev–Trinajstić information content (AvgIpc) is 3.16. The van der Waals surface area contributed by atoms with E-state index in [9.17, 15) is 18.0 Å². The van der Waals surface area contributed by atoms with Gasteiger partial charge < -0.3 is 29.2 Å². The van der Waals surface area contributed by atoms with E-state index in [0.29, 0.717) is 43.9 Å². The van der Waals surface area contributed by atoms with E-state index in [0.717, 1.165) is 6.42 Å². The van der Waals surface area contributed by atoms with Gasteiger partial charge in [0.1, 0.15) is 5.75 Å². The number of carbonyl (C=O) groups is 1. The number of likely N-dealkylation sites (tertiary alicyclic amines) is 1. The van der Waals surface area contributed by atoms with Crippen LogP contribution in [0.4, 0.5) is 18.0 Å². The van der Waals surface area contributed by atoms with Gasteiger partial charge in [0, 0.05) is 19.1 Å². The van der Waals surface area contributed by atoms with Crippen LogP contribution in [0, 0.1) is 0 Å². The number of rotatable bonds is 7. The summed E-state index contributed by atoms with van der Waals surface area (Å²) in [7, 11) is 3.39. The van der Waals surface area contributed by atoms with Gasteiger partial charge in [0.05, 0.1) is 32.5 Å². The van der Waals surface area contributed by atoms with Crippen LogP contribution < -0.4 is 10.1 Å². The molecule has 0 radical (unpaired) electrons. The summed E-state index contributed by atoms with van der Waals surface area (Å²) in [5.41, 5.74) is 0.376. The third-order valence-corrected chi connectivity index (χ3v) is 5.86. The molecule has 2 heterocycles. The first-order chi connectivity index (χ1) is 14.7. The third-order valence-electron chi connectivity index (χ3n) is 5.86. The van der Waals surface area contributed by atoms with Gasteiger partial charge >= 0.3 is 12.3 Å². The summed E-state index contributed by atoms with van der Waals surface area (Å²) in [5, 5.41) is 3.17. The zero-order valence-electron chi connectivity index (χ0n) is 17.7. The maximum absolute atomic E-state index is 13.4. The van der Waals surface area contributed by atoms with Crippen molar-refractivity contribution in [1.29, 1.82) is 0 Å². The zero-order valence-corrected chi connectivity index (χ0v) is 17.7. The lowest BCUT2D eigenvalue weighted by Gasteiger charge is -2.38. The fourth-order valence-corrected chi connectivity index (χ4v) is 3.87. The second kappa shape index (κ2) is 10.1. The summed E-state index contributed by atoms with van der Waals surface area (Å²) >= 11 is 0. The van der Waals surface area contributed by atoms with E-state index in [1.54, 1.807) is 24.3 Å². The highest BCUT2D eigenvalue weighted by Gasteiger charge is 2.46. The van der Waals surface area contributed by atoms with Crippen molar-refractivity contribution in [3.05, 3.63) is 29.8 Å². The van der Waals surface area contributed by atoms with Crippen LogP contribution in [0.3, 0.4) is 0 Å². The molecule has 2 atom stereocenters. The van der Waals surface area contributed by atoms with Crippen molar-refractivity contribution in [1.82, 2.24) is 10.2 Å². The van der Waals surface area contributed by atoms with Crippen LogP contribution in [-0.4, -0.2) is 75.4 Å². The largest absolute Gasteiger partial charge is 0.497 e. The monoisotopic (exact) mass is 446 g/mol. The highest BCUT2D eigenvalue weighted by Crippen LogP contribution is 2.36. The van der Waals surface area contributed by atoms with Crippen molar-refractivity contribution in [2.75, 3.05) is 40.5 Å². The number of piperidine rings is 1. The van der Waals surface area contributed by atoms with Gasteiger partial charge in [0.25, 0.3) is 0 Å². The first-order valence-corrected chi connectivity index (χ1v) is 10.3. The van der Waals surface area contributed by atoms with E-state index in [2.05, 4.69) is 5.32 Å². The topological polar surface area (TPSA) is 69.3 Å². The van der Waals surface area contributed by atoms with E-state index in [-0.39, 0.29) is 18.2 Å². The van der Waals surface area contributed by atoms with Crippen LogP contribution in [0.1, 0.15) is 24.8 Å². The molecule has 0 aromatic heterocycles. The molecule has 0 saturated carbocycles. The fourth-order valence-electron chi connectivity index (χ4n) is 3.87. The van der Waals surface area contributed by atoms with Gasteiger partial charge in [-0.2, -0.15) is 13.2 Å². The second-order valence-corrected chi connectivity index (χ2v) is 7.95. The van der Waals surface area contributed by atoms with Gasteiger partial charge in [0.2, 0.25) is 6.10 Å². The van der Waals surface area contributed by atoms with Crippen molar-refractivity contribution in [3.63, 3.8) is 0 Å². The summed E-state index contributed by atoms with van der Waals surface area (Å²) in [6, 6.07) is 7.03. The van der Waals surface area contributed by atoms with Crippen molar-refractivity contribution in [2.24, 2.45) is 0 Å². The smallest absolute Gasteiger partial charge is 0.427 e. The molecule has 1 amide bonds. The fraction of sp³-hybridized carbons (Fsp3) is 0.667. The number of amides is 1. The summed E-state index contributed by atoms with van der Waals surface area (Å²) in [6.07, 6.45) is -6.05. The standard InChI is InChI=1S/C21H29F3N2O5/c1-25-16-11-20(30-13-16)7-9-26(10-8-20)19(27)31-18(21(22,23)24)14-29-12-15-3-5-17(28-2)6-4-15/h3-6,16,18,25H,7-14H2,1-2H3/t16-,18-/m1/s1. The number of carbonyl (C=O) groups excluding carboxylic acids is 1. The molecule has 0 unspecified atom stereocenters. The van der Waals surface area contributed by atoms with Crippen LogP contribution in [0.15, 0.2) is 24.3 Å². The Balaban J connectivity index is 1.48. The van der Waals surface area contributed by atoms with Gasteiger partial charge in [0.15, 0.2) is 0 Å². The van der Waals surface area contributed by atoms with Crippen LogP contribution in [0.5, 0.6) is 5.75 Å². The highest BCUT2D eigenvalue weighted by molar-refractivity contribution is 5.68. The molecule has 2 fully saturated rings. The number of likely N-dealkylation sites (N-methyl/N-ethyl adjacent to an activating group) is 1. The minimum Gasteiger partial charge on any atom is -0.497 e. The first-order valence-electron chi connectivity index (χ1n) is 10.3. The number of benzene rings is 1. The van der Waals surface area contributed by atoms with E-state index in [1.165, 1.54) is 12.0 Å². The summed E-state index contributed by atoms with van der Waals surface area (Å²) in [6.45, 7) is 0.387. The lowest BCUT2D eigenvalue weighted by atomic mass is 9.87. The molecule has 0 aliphatic carbocycles. The molecular formula is C21H29F3N2O5.